The van der Waals surface area contributed by atoms with Crippen molar-refractivity contribution in [3.8, 4) is 0 Å². The van der Waals surface area contributed by atoms with Gasteiger partial charge >= 0.3 is 0 Å². The molecule has 0 unspecified atom stereocenters. The van der Waals surface area contributed by atoms with Gasteiger partial charge < -0.3 is 5.32 Å². The van der Waals surface area contributed by atoms with E-state index in [1.165, 1.54) is 12.7 Å². The van der Waals surface area contributed by atoms with Gasteiger partial charge in [-0.05, 0) is 19.3 Å². The summed E-state index contributed by atoms with van der Waals surface area (Å²) in [5, 5.41) is 3.24. The molecule has 0 bridgehead atoms. The smallest absolute Gasteiger partial charge is 0.150 e. The molecule has 0 aromatic rings. The average molecular weight is 246 g/mol. The zero-order chi connectivity index (χ0) is 11.6. The van der Waals surface area contributed by atoms with Gasteiger partial charge in [0, 0.05) is 38.5 Å². The molecule has 1 N–H and O–H groups in total. The zero-order valence-corrected chi connectivity index (χ0v) is 10.8. The molecule has 1 saturated carbocycles. The Labute approximate surface area is 98.3 Å². The number of hydrogen-bond acceptors (Lipinski definition) is 4. The molecule has 1 aliphatic heterocycles. The summed E-state index contributed by atoms with van der Waals surface area (Å²) in [6.07, 6.45) is 5.33. The molecular weight excluding hydrogens is 224 g/mol. The summed E-state index contributed by atoms with van der Waals surface area (Å²) in [5.41, 5.74) is 0. The van der Waals surface area contributed by atoms with Crippen LogP contribution in [-0.2, 0) is 9.84 Å². The van der Waals surface area contributed by atoms with E-state index in [0.717, 1.165) is 45.4 Å². The highest BCUT2D eigenvalue weighted by Crippen LogP contribution is 2.27. The second kappa shape index (κ2) is 5.02. The third kappa shape index (κ3) is 2.96. The van der Waals surface area contributed by atoms with Crippen molar-refractivity contribution in [2.75, 3.05) is 32.4 Å². The fourth-order valence-electron chi connectivity index (χ4n) is 2.89. The number of rotatable bonds is 2. The number of nitrogens with one attached hydrogen (secondary N) is 1. The molecule has 2 atom stereocenters. The van der Waals surface area contributed by atoms with Gasteiger partial charge in [-0.15, -0.1) is 0 Å². The van der Waals surface area contributed by atoms with Crippen LogP contribution in [0, 0.1) is 0 Å². The van der Waals surface area contributed by atoms with Crippen molar-refractivity contribution >= 4 is 9.84 Å². The van der Waals surface area contributed by atoms with E-state index in [9.17, 15) is 8.42 Å². The second-order valence-electron chi connectivity index (χ2n) is 5.06. The molecule has 0 spiro atoms. The van der Waals surface area contributed by atoms with Gasteiger partial charge in [0.1, 0.15) is 9.84 Å². The minimum Gasteiger partial charge on any atom is -0.314 e. The Morgan fingerprint density at radius 1 is 1.19 bits per heavy atom. The Balaban J connectivity index is 1.95. The van der Waals surface area contributed by atoms with Gasteiger partial charge in [-0.3, -0.25) is 4.90 Å². The quantitative estimate of drug-likeness (QED) is 0.759. The fourth-order valence-corrected chi connectivity index (χ4v) is 4.05. The number of sulfone groups is 1. The van der Waals surface area contributed by atoms with Crippen LogP contribution in [0.2, 0.25) is 0 Å². The van der Waals surface area contributed by atoms with Crippen LogP contribution in [0.25, 0.3) is 0 Å². The summed E-state index contributed by atoms with van der Waals surface area (Å²) in [5.74, 6) is 0. The normalized spacial score (nSPS) is 33.8. The van der Waals surface area contributed by atoms with Crippen LogP contribution in [0.5, 0.6) is 0 Å². The molecule has 1 aliphatic carbocycles. The van der Waals surface area contributed by atoms with Gasteiger partial charge in [-0.2, -0.15) is 0 Å². The minimum atomic E-state index is -2.84. The maximum atomic E-state index is 11.6. The Bertz CT molecular complexity index is 323. The van der Waals surface area contributed by atoms with Gasteiger partial charge in [0.15, 0.2) is 0 Å². The summed E-state index contributed by atoms with van der Waals surface area (Å²) in [6.45, 7) is 4.22. The highest BCUT2D eigenvalue weighted by molar-refractivity contribution is 7.91. The zero-order valence-electron chi connectivity index (χ0n) is 9.98. The molecule has 16 heavy (non-hydrogen) atoms. The lowest BCUT2D eigenvalue weighted by Crippen LogP contribution is -2.50. The molecule has 1 heterocycles. The Kier molecular flexibility index (Phi) is 3.87. The Hall–Kier alpha value is -0.130. The van der Waals surface area contributed by atoms with Crippen LogP contribution in [0.1, 0.15) is 25.7 Å². The van der Waals surface area contributed by atoms with Gasteiger partial charge in [-0.25, -0.2) is 8.42 Å². The van der Waals surface area contributed by atoms with Crippen molar-refractivity contribution in [2.45, 2.75) is 37.0 Å². The molecule has 4 nitrogen and oxygen atoms in total. The van der Waals surface area contributed by atoms with Gasteiger partial charge in [0.05, 0.1) is 5.25 Å². The molecule has 0 aromatic heterocycles. The Morgan fingerprint density at radius 2 is 1.88 bits per heavy atom. The van der Waals surface area contributed by atoms with Gasteiger partial charge in [-0.1, -0.05) is 6.42 Å². The molecule has 2 fully saturated rings. The molecule has 5 heteroatoms. The van der Waals surface area contributed by atoms with Crippen molar-refractivity contribution in [3.63, 3.8) is 0 Å². The molecule has 94 valence electrons. The first-order chi connectivity index (χ1) is 7.57. The van der Waals surface area contributed by atoms with E-state index in [1.807, 2.05) is 0 Å². The summed E-state index contributed by atoms with van der Waals surface area (Å²) >= 11 is 0. The van der Waals surface area contributed by atoms with Crippen LogP contribution >= 0.6 is 0 Å². The van der Waals surface area contributed by atoms with E-state index in [0.29, 0.717) is 6.04 Å². The summed E-state index contributed by atoms with van der Waals surface area (Å²) in [4.78, 5) is 2.47. The maximum absolute atomic E-state index is 11.6. The molecule has 2 aliphatic rings. The van der Waals surface area contributed by atoms with Crippen molar-refractivity contribution in [2.24, 2.45) is 0 Å². The molecule has 0 radical (unpaired) electrons. The van der Waals surface area contributed by atoms with E-state index in [2.05, 4.69) is 10.2 Å². The summed E-state index contributed by atoms with van der Waals surface area (Å²) in [7, 11) is -2.84. The fraction of sp³-hybridized carbons (Fsp3) is 1.00. The number of nitrogens with zero attached hydrogens (tertiary/aromatic N) is 1. The van der Waals surface area contributed by atoms with E-state index in [4.69, 9.17) is 0 Å². The van der Waals surface area contributed by atoms with Crippen LogP contribution in [0.3, 0.4) is 0 Å². The molecular formula is C11H22N2O2S. The van der Waals surface area contributed by atoms with Gasteiger partial charge in [0.25, 0.3) is 0 Å². The Morgan fingerprint density at radius 3 is 2.50 bits per heavy atom. The first-order valence-electron chi connectivity index (χ1n) is 6.21. The SMILES string of the molecule is CS(=O)(=O)[C@@H]1CCC[C@@H](N2CCNCC2)C1. The second-order valence-corrected chi connectivity index (χ2v) is 7.38. The van der Waals surface area contributed by atoms with E-state index < -0.39 is 9.84 Å². The van der Waals surface area contributed by atoms with Crippen LogP contribution in [0.15, 0.2) is 0 Å². The topological polar surface area (TPSA) is 49.4 Å². The first kappa shape index (κ1) is 12.3. The standard InChI is InChI=1S/C11H22N2O2S/c1-16(14,15)11-4-2-3-10(9-11)13-7-5-12-6-8-13/h10-12H,2-9H2,1H3/t10-,11-/m1/s1. The van der Waals surface area contributed by atoms with Gasteiger partial charge in [0.2, 0.25) is 0 Å². The van der Waals surface area contributed by atoms with Crippen LogP contribution in [0.4, 0.5) is 0 Å². The maximum Gasteiger partial charge on any atom is 0.150 e. The highest BCUT2D eigenvalue weighted by atomic mass is 32.2. The molecule has 1 saturated heterocycles. The minimum absolute atomic E-state index is 0.0962. The number of piperazine rings is 1. The predicted octanol–water partition coefficient (Wildman–Crippen LogP) is 0.247. The average Bonchev–Trinajstić information content (AvgIpc) is 2.29. The van der Waals surface area contributed by atoms with Crippen molar-refractivity contribution < 1.29 is 8.42 Å². The number of hydrogen-bond donors (Lipinski definition) is 1. The molecule has 2 rings (SSSR count). The third-order valence-electron chi connectivity index (χ3n) is 3.87. The monoisotopic (exact) mass is 246 g/mol. The summed E-state index contributed by atoms with van der Waals surface area (Å²) in [6, 6.07) is 0.496. The lowest BCUT2D eigenvalue weighted by molar-refractivity contribution is 0.140. The van der Waals surface area contributed by atoms with Crippen LogP contribution in [-0.4, -0.2) is 57.0 Å². The predicted molar refractivity (Wildman–Crippen MR) is 65.3 cm³/mol. The van der Waals surface area contributed by atoms with E-state index >= 15 is 0 Å². The lowest BCUT2D eigenvalue weighted by Gasteiger charge is -2.39. The largest absolute Gasteiger partial charge is 0.314 e. The van der Waals surface area contributed by atoms with E-state index in [1.54, 1.807) is 0 Å². The van der Waals surface area contributed by atoms with Crippen LogP contribution < -0.4 is 5.32 Å². The van der Waals surface area contributed by atoms with Crippen molar-refractivity contribution in [1.29, 1.82) is 0 Å². The molecule has 0 aromatic carbocycles. The lowest BCUT2D eigenvalue weighted by atomic mass is 9.93. The third-order valence-corrected chi connectivity index (χ3v) is 5.51. The highest BCUT2D eigenvalue weighted by Gasteiger charge is 2.32. The van der Waals surface area contributed by atoms with Crippen molar-refractivity contribution in [3.05, 3.63) is 0 Å². The molecule has 0 amide bonds. The summed E-state index contributed by atoms with van der Waals surface area (Å²) < 4.78 is 23.2. The van der Waals surface area contributed by atoms with E-state index in [-0.39, 0.29) is 5.25 Å². The first-order valence-corrected chi connectivity index (χ1v) is 8.16. The van der Waals surface area contributed by atoms with Crippen molar-refractivity contribution in [1.82, 2.24) is 10.2 Å².